The van der Waals surface area contributed by atoms with Gasteiger partial charge < -0.3 is 14.6 Å². The average Bonchev–Trinajstić information content (AvgIpc) is 2.78. The van der Waals surface area contributed by atoms with E-state index in [9.17, 15) is 0 Å². The maximum atomic E-state index is 5.29. The van der Waals surface area contributed by atoms with Crippen LogP contribution in [0.4, 0.5) is 0 Å². The number of hydrogen-bond donors (Lipinski definition) is 1. The van der Waals surface area contributed by atoms with E-state index in [1.165, 1.54) is 6.42 Å². The average molecular weight is 225 g/mol. The van der Waals surface area contributed by atoms with Crippen LogP contribution < -0.4 is 5.32 Å². The van der Waals surface area contributed by atoms with Crippen molar-refractivity contribution < 1.29 is 9.26 Å². The van der Waals surface area contributed by atoms with Gasteiger partial charge >= 0.3 is 0 Å². The summed E-state index contributed by atoms with van der Waals surface area (Å²) in [6, 6.07) is 0. The van der Waals surface area contributed by atoms with Gasteiger partial charge in [-0.2, -0.15) is 4.98 Å². The van der Waals surface area contributed by atoms with Gasteiger partial charge in [0.05, 0.1) is 12.0 Å². The zero-order valence-electron chi connectivity index (χ0n) is 9.90. The first-order chi connectivity index (χ1) is 7.79. The molecule has 1 aromatic heterocycles. The van der Waals surface area contributed by atoms with E-state index >= 15 is 0 Å². The number of methoxy groups -OCH3 is 1. The second-order valence-electron chi connectivity index (χ2n) is 4.34. The van der Waals surface area contributed by atoms with Gasteiger partial charge in [0, 0.05) is 20.1 Å². The van der Waals surface area contributed by atoms with Crippen LogP contribution in [0.5, 0.6) is 0 Å². The molecule has 1 fully saturated rings. The van der Waals surface area contributed by atoms with Crippen LogP contribution in [0.2, 0.25) is 0 Å². The number of ether oxygens (including phenoxy) is 1. The van der Waals surface area contributed by atoms with E-state index < -0.39 is 0 Å². The smallest absolute Gasteiger partial charge is 0.231 e. The Labute approximate surface area is 95.6 Å². The van der Waals surface area contributed by atoms with Crippen LogP contribution in [0.25, 0.3) is 0 Å². The Bertz CT molecular complexity index is 321. The summed E-state index contributed by atoms with van der Waals surface area (Å²) in [5, 5.41) is 7.33. The summed E-state index contributed by atoms with van der Waals surface area (Å²) in [4.78, 5) is 4.42. The second kappa shape index (κ2) is 5.41. The summed E-state index contributed by atoms with van der Waals surface area (Å²) in [6.07, 6.45) is 3.15. The summed E-state index contributed by atoms with van der Waals surface area (Å²) >= 11 is 0. The molecule has 0 spiro atoms. The molecule has 0 saturated carbocycles. The van der Waals surface area contributed by atoms with E-state index in [1.807, 2.05) is 6.92 Å². The quantitative estimate of drug-likeness (QED) is 0.832. The van der Waals surface area contributed by atoms with Gasteiger partial charge in [-0.1, -0.05) is 5.16 Å². The Morgan fingerprint density at radius 3 is 3.19 bits per heavy atom. The van der Waals surface area contributed by atoms with Crippen molar-refractivity contribution in [1.82, 2.24) is 15.5 Å². The molecule has 2 heterocycles. The number of nitrogens with one attached hydrogen (secondary N) is 1. The molecule has 0 aliphatic carbocycles. The highest BCUT2D eigenvalue weighted by molar-refractivity contribution is 4.97. The maximum absolute atomic E-state index is 5.29. The van der Waals surface area contributed by atoms with E-state index in [-0.39, 0.29) is 6.10 Å². The molecule has 1 N–H and O–H groups in total. The van der Waals surface area contributed by atoms with Gasteiger partial charge in [0.2, 0.25) is 5.89 Å². The third kappa shape index (κ3) is 2.80. The third-order valence-corrected chi connectivity index (χ3v) is 3.00. The molecular weight excluding hydrogens is 206 g/mol. The molecule has 1 unspecified atom stereocenters. The molecule has 1 aliphatic heterocycles. The molecule has 1 aromatic rings. The topological polar surface area (TPSA) is 60.2 Å². The SMILES string of the molecule is COC(C)Cc1noc([C@@H]2CCCNC2)n1. The number of aromatic nitrogens is 2. The van der Waals surface area contributed by atoms with Crippen LogP contribution in [0.15, 0.2) is 4.52 Å². The molecule has 2 atom stereocenters. The van der Waals surface area contributed by atoms with E-state index in [2.05, 4.69) is 15.5 Å². The zero-order valence-corrected chi connectivity index (χ0v) is 9.90. The third-order valence-electron chi connectivity index (χ3n) is 3.00. The Kier molecular flexibility index (Phi) is 3.90. The fraction of sp³-hybridized carbons (Fsp3) is 0.818. The Morgan fingerprint density at radius 1 is 1.62 bits per heavy atom. The molecule has 2 rings (SSSR count). The lowest BCUT2D eigenvalue weighted by atomic mass is 10.00. The highest BCUT2D eigenvalue weighted by Crippen LogP contribution is 2.21. The first kappa shape index (κ1) is 11.5. The minimum absolute atomic E-state index is 0.134. The molecule has 5 heteroatoms. The van der Waals surface area contributed by atoms with E-state index in [0.717, 1.165) is 31.2 Å². The van der Waals surface area contributed by atoms with Gasteiger partial charge in [0.15, 0.2) is 5.82 Å². The van der Waals surface area contributed by atoms with Gasteiger partial charge in [0.25, 0.3) is 0 Å². The van der Waals surface area contributed by atoms with Crippen molar-refractivity contribution in [3.05, 3.63) is 11.7 Å². The highest BCUT2D eigenvalue weighted by atomic mass is 16.5. The highest BCUT2D eigenvalue weighted by Gasteiger charge is 2.21. The lowest BCUT2D eigenvalue weighted by molar-refractivity contribution is 0.116. The summed E-state index contributed by atoms with van der Waals surface area (Å²) < 4.78 is 10.5. The van der Waals surface area contributed by atoms with Gasteiger partial charge in [-0.15, -0.1) is 0 Å². The summed E-state index contributed by atoms with van der Waals surface area (Å²) in [6.45, 7) is 4.04. The van der Waals surface area contributed by atoms with E-state index in [1.54, 1.807) is 7.11 Å². The molecule has 16 heavy (non-hydrogen) atoms. The molecule has 0 amide bonds. The molecular formula is C11H19N3O2. The van der Waals surface area contributed by atoms with Crippen molar-refractivity contribution in [1.29, 1.82) is 0 Å². The fourth-order valence-electron chi connectivity index (χ4n) is 1.92. The Balaban J connectivity index is 1.95. The summed E-state index contributed by atoms with van der Waals surface area (Å²) in [5.41, 5.74) is 0. The first-order valence-corrected chi connectivity index (χ1v) is 5.85. The van der Waals surface area contributed by atoms with Crippen molar-refractivity contribution in [3.63, 3.8) is 0 Å². The minimum atomic E-state index is 0.134. The van der Waals surface area contributed by atoms with Crippen molar-refractivity contribution in [3.8, 4) is 0 Å². The number of piperidine rings is 1. The van der Waals surface area contributed by atoms with Crippen LogP contribution >= 0.6 is 0 Å². The molecule has 0 aromatic carbocycles. The number of hydrogen-bond acceptors (Lipinski definition) is 5. The first-order valence-electron chi connectivity index (χ1n) is 5.85. The standard InChI is InChI=1S/C11H19N3O2/c1-8(15-2)6-10-13-11(16-14-10)9-4-3-5-12-7-9/h8-9,12H,3-7H2,1-2H3/t8?,9-/m1/s1. The molecule has 0 bridgehead atoms. The van der Waals surface area contributed by atoms with E-state index in [4.69, 9.17) is 9.26 Å². The largest absolute Gasteiger partial charge is 0.381 e. The summed E-state index contributed by atoms with van der Waals surface area (Å²) in [7, 11) is 1.69. The van der Waals surface area contributed by atoms with Crippen LogP contribution in [-0.2, 0) is 11.2 Å². The van der Waals surface area contributed by atoms with Crippen LogP contribution in [0.3, 0.4) is 0 Å². The monoisotopic (exact) mass is 225 g/mol. The molecule has 5 nitrogen and oxygen atoms in total. The lowest BCUT2D eigenvalue weighted by Gasteiger charge is -2.18. The van der Waals surface area contributed by atoms with Crippen molar-refractivity contribution in [2.75, 3.05) is 20.2 Å². The minimum Gasteiger partial charge on any atom is -0.381 e. The molecule has 1 aliphatic rings. The molecule has 1 saturated heterocycles. The Morgan fingerprint density at radius 2 is 2.50 bits per heavy atom. The predicted octanol–water partition coefficient (Wildman–Crippen LogP) is 1.11. The van der Waals surface area contributed by atoms with Crippen LogP contribution in [0.1, 0.15) is 37.4 Å². The van der Waals surface area contributed by atoms with Crippen LogP contribution in [-0.4, -0.2) is 36.4 Å². The molecule has 0 radical (unpaired) electrons. The molecule has 90 valence electrons. The van der Waals surface area contributed by atoms with Crippen molar-refractivity contribution in [2.24, 2.45) is 0 Å². The fourth-order valence-corrected chi connectivity index (χ4v) is 1.92. The second-order valence-corrected chi connectivity index (χ2v) is 4.34. The predicted molar refractivity (Wildman–Crippen MR) is 59.3 cm³/mol. The lowest BCUT2D eigenvalue weighted by Crippen LogP contribution is -2.28. The van der Waals surface area contributed by atoms with Crippen molar-refractivity contribution in [2.45, 2.75) is 38.2 Å². The van der Waals surface area contributed by atoms with Gasteiger partial charge in [-0.05, 0) is 26.3 Å². The Hall–Kier alpha value is -0.940. The number of rotatable bonds is 4. The normalized spacial score (nSPS) is 23.2. The van der Waals surface area contributed by atoms with Crippen LogP contribution in [0, 0.1) is 0 Å². The van der Waals surface area contributed by atoms with Gasteiger partial charge in [0.1, 0.15) is 0 Å². The van der Waals surface area contributed by atoms with E-state index in [0.29, 0.717) is 12.3 Å². The van der Waals surface area contributed by atoms with Gasteiger partial charge in [-0.3, -0.25) is 0 Å². The summed E-state index contributed by atoms with van der Waals surface area (Å²) in [5.74, 6) is 1.90. The van der Waals surface area contributed by atoms with Crippen molar-refractivity contribution >= 4 is 0 Å². The van der Waals surface area contributed by atoms with Gasteiger partial charge in [-0.25, -0.2) is 0 Å². The maximum Gasteiger partial charge on any atom is 0.231 e. The number of nitrogens with zero attached hydrogens (tertiary/aromatic N) is 2. The zero-order chi connectivity index (χ0) is 11.4.